The number of halogens is 1. The summed E-state index contributed by atoms with van der Waals surface area (Å²) in [6, 6.07) is 13.7. The summed E-state index contributed by atoms with van der Waals surface area (Å²) in [5.41, 5.74) is 2.75. The number of rotatable bonds is 3. The summed E-state index contributed by atoms with van der Waals surface area (Å²) in [4.78, 5) is 0. The van der Waals surface area contributed by atoms with Gasteiger partial charge < -0.3 is 5.32 Å². The molecule has 1 atom stereocenters. The van der Waals surface area contributed by atoms with E-state index in [1.807, 2.05) is 36.7 Å². The van der Waals surface area contributed by atoms with Gasteiger partial charge in [-0.1, -0.05) is 24.3 Å². The molecule has 0 spiro atoms. The topological polar surface area (TPSA) is 12.0 Å². The minimum Gasteiger partial charge on any atom is -0.313 e. The molecule has 102 valence electrons. The zero-order chi connectivity index (χ0) is 14.1. The van der Waals surface area contributed by atoms with Crippen molar-refractivity contribution in [3.8, 4) is 11.1 Å². The second kappa shape index (κ2) is 5.35. The lowest BCUT2D eigenvalue weighted by Gasteiger charge is -2.13. The summed E-state index contributed by atoms with van der Waals surface area (Å²) in [7, 11) is 1.91. The molecule has 1 unspecified atom stereocenters. The van der Waals surface area contributed by atoms with Crippen LogP contribution in [0.4, 0.5) is 4.39 Å². The molecule has 20 heavy (non-hydrogen) atoms. The SMILES string of the molecule is CNC(C)c1ccc(F)c(-c2cccc3ccsc23)c1. The van der Waals surface area contributed by atoms with E-state index in [2.05, 4.69) is 24.4 Å². The van der Waals surface area contributed by atoms with Crippen LogP contribution in [0.25, 0.3) is 21.2 Å². The van der Waals surface area contributed by atoms with Gasteiger partial charge in [0, 0.05) is 21.9 Å². The van der Waals surface area contributed by atoms with E-state index in [9.17, 15) is 4.39 Å². The predicted octanol–water partition coefficient (Wildman–Crippen LogP) is 4.99. The normalized spacial score (nSPS) is 12.8. The summed E-state index contributed by atoms with van der Waals surface area (Å²) in [6.45, 7) is 2.07. The monoisotopic (exact) mass is 285 g/mol. The van der Waals surface area contributed by atoms with Crippen molar-refractivity contribution < 1.29 is 4.39 Å². The van der Waals surface area contributed by atoms with Gasteiger partial charge in [0.25, 0.3) is 0 Å². The Balaban J connectivity index is 2.20. The van der Waals surface area contributed by atoms with Gasteiger partial charge in [0.15, 0.2) is 0 Å². The molecule has 0 aliphatic carbocycles. The number of nitrogens with one attached hydrogen (secondary N) is 1. The molecule has 1 N–H and O–H groups in total. The molecular weight excluding hydrogens is 269 g/mol. The van der Waals surface area contributed by atoms with Crippen LogP contribution in [0.15, 0.2) is 47.8 Å². The average molecular weight is 285 g/mol. The lowest BCUT2D eigenvalue weighted by atomic mass is 9.99. The van der Waals surface area contributed by atoms with E-state index in [1.165, 1.54) is 5.39 Å². The second-order valence-electron chi connectivity index (χ2n) is 4.89. The van der Waals surface area contributed by atoms with E-state index < -0.39 is 0 Å². The van der Waals surface area contributed by atoms with Gasteiger partial charge in [-0.2, -0.15) is 0 Å². The fraction of sp³-hybridized carbons (Fsp3) is 0.176. The summed E-state index contributed by atoms with van der Waals surface area (Å²) < 4.78 is 15.4. The van der Waals surface area contributed by atoms with E-state index in [0.717, 1.165) is 15.8 Å². The van der Waals surface area contributed by atoms with Crippen LogP contribution in [0, 0.1) is 5.82 Å². The van der Waals surface area contributed by atoms with Crippen molar-refractivity contribution in [3.63, 3.8) is 0 Å². The van der Waals surface area contributed by atoms with Crippen LogP contribution in [0.1, 0.15) is 18.5 Å². The minimum absolute atomic E-state index is 0.169. The van der Waals surface area contributed by atoms with Crippen molar-refractivity contribution >= 4 is 21.4 Å². The van der Waals surface area contributed by atoms with Crippen molar-refractivity contribution in [2.24, 2.45) is 0 Å². The van der Waals surface area contributed by atoms with Crippen molar-refractivity contribution in [1.29, 1.82) is 0 Å². The number of hydrogen-bond donors (Lipinski definition) is 1. The van der Waals surface area contributed by atoms with E-state index in [0.29, 0.717) is 5.56 Å². The average Bonchev–Trinajstić information content (AvgIpc) is 2.95. The summed E-state index contributed by atoms with van der Waals surface area (Å²) >= 11 is 1.66. The molecule has 3 aromatic rings. The molecule has 0 radical (unpaired) electrons. The number of benzene rings is 2. The molecule has 0 aliphatic heterocycles. The molecule has 0 aliphatic rings. The predicted molar refractivity (Wildman–Crippen MR) is 84.7 cm³/mol. The van der Waals surface area contributed by atoms with Crippen LogP contribution < -0.4 is 5.32 Å². The van der Waals surface area contributed by atoms with Crippen LogP contribution in [0.2, 0.25) is 0 Å². The van der Waals surface area contributed by atoms with Gasteiger partial charge in [0.05, 0.1) is 0 Å². The number of thiophene rings is 1. The molecule has 3 heteroatoms. The summed E-state index contributed by atoms with van der Waals surface area (Å²) in [5, 5.41) is 6.41. The lowest BCUT2D eigenvalue weighted by Crippen LogP contribution is -2.12. The van der Waals surface area contributed by atoms with Crippen molar-refractivity contribution in [2.75, 3.05) is 7.05 Å². The molecule has 2 aromatic carbocycles. The second-order valence-corrected chi connectivity index (χ2v) is 5.81. The highest BCUT2D eigenvalue weighted by molar-refractivity contribution is 7.17. The molecular formula is C17H16FNS. The first-order valence-corrected chi connectivity index (χ1v) is 7.52. The Hall–Kier alpha value is -1.71. The van der Waals surface area contributed by atoms with Crippen molar-refractivity contribution in [1.82, 2.24) is 5.32 Å². The molecule has 0 amide bonds. The van der Waals surface area contributed by atoms with Crippen LogP contribution in [0.5, 0.6) is 0 Å². The van der Waals surface area contributed by atoms with Crippen LogP contribution >= 0.6 is 11.3 Å². The molecule has 1 aromatic heterocycles. The smallest absolute Gasteiger partial charge is 0.131 e. The largest absolute Gasteiger partial charge is 0.313 e. The highest BCUT2D eigenvalue weighted by atomic mass is 32.1. The Bertz CT molecular complexity index is 748. The molecule has 0 saturated heterocycles. The Morgan fingerprint density at radius 2 is 1.95 bits per heavy atom. The van der Waals surface area contributed by atoms with Crippen LogP contribution in [-0.4, -0.2) is 7.05 Å². The highest BCUT2D eigenvalue weighted by Gasteiger charge is 2.12. The van der Waals surface area contributed by atoms with Crippen molar-refractivity contribution in [2.45, 2.75) is 13.0 Å². The molecule has 3 rings (SSSR count). The molecule has 0 saturated carbocycles. The summed E-state index contributed by atoms with van der Waals surface area (Å²) in [6.07, 6.45) is 0. The third-order valence-corrected chi connectivity index (χ3v) is 4.66. The van der Waals surface area contributed by atoms with Gasteiger partial charge in [-0.15, -0.1) is 11.3 Å². The van der Waals surface area contributed by atoms with Gasteiger partial charge in [-0.25, -0.2) is 4.39 Å². The Morgan fingerprint density at radius 3 is 2.75 bits per heavy atom. The maximum absolute atomic E-state index is 14.2. The van der Waals surface area contributed by atoms with Crippen molar-refractivity contribution in [3.05, 3.63) is 59.2 Å². The molecule has 0 bridgehead atoms. The first kappa shape index (κ1) is 13.3. The fourth-order valence-corrected chi connectivity index (χ4v) is 3.32. The van der Waals surface area contributed by atoms with Gasteiger partial charge in [0.1, 0.15) is 5.82 Å². The van der Waals surface area contributed by atoms with E-state index in [-0.39, 0.29) is 11.9 Å². The minimum atomic E-state index is -0.169. The summed E-state index contributed by atoms with van der Waals surface area (Å²) in [5.74, 6) is -0.169. The number of fused-ring (bicyclic) bond motifs is 1. The van der Waals surface area contributed by atoms with E-state index in [1.54, 1.807) is 17.4 Å². The maximum Gasteiger partial charge on any atom is 0.131 e. The van der Waals surface area contributed by atoms with Gasteiger partial charge in [-0.3, -0.25) is 0 Å². The van der Waals surface area contributed by atoms with Gasteiger partial charge in [-0.05, 0) is 48.5 Å². The lowest BCUT2D eigenvalue weighted by molar-refractivity contribution is 0.622. The van der Waals surface area contributed by atoms with Crippen LogP contribution in [-0.2, 0) is 0 Å². The van der Waals surface area contributed by atoms with Crippen LogP contribution in [0.3, 0.4) is 0 Å². The van der Waals surface area contributed by atoms with Gasteiger partial charge >= 0.3 is 0 Å². The number of hydrogen-bond acceptors (Lipinski definition) is 2. The first-order chi connectivity index (χ1) is 9.70. The van der Waals surface area contributed by atoms with Gasteiger partial charge in [0.2, 0.25) is 0 Å². The third kappa shape index (κ3) is 2.23. The fourth-order valence-electron chi connectivity index (χ4n) is 2.39. The molecule has 0 fully saturated rings. The standard InChI is InChI=1S/C17H16FNS/c1-11(19-2)13-6-7-16(18)15(10-13)14-5-3-4-12-8-9-20-17(12)14/h3-11,19H,1-2H3. The zero-order valence-corrected chi connectivity index (χ0v) is 12.3. The Kier molecular flexibility index (Phi) is 3.55. The van der Waals surface area contributed by atoms with E-state index >= 15 is 0 Å². The zero-order valence-electron chi connectivity index (χ0n) is 11.5. The molecule has 1 heterocycles. The Labute approximate surface area is 122 Å². The highest BCUT2D eigenvalue weighted by Crippen LogP contribution is 2.35. The van der Waals surface area contributed by atoms with E-state index in [4.69, 9.17) is 0 Å². The third-order valence-electron chi connectivity index (χ3n) is 3.69. The first-order valence-electron chi connectivity index (χ1n) is 6.64. The maximum atomic E-state index is 14.2. The molecule has 1 nitrogen and oxygen atoms in total. The Morgan fingerprint density at radius 1 is 1.10 bits per heavy atom. The quantitative estimate of drug-likeness (QED) is 0.715.